The zero-order valence-corrected chi connectivity index (χ0v) is 23.0. The Morgan fingerprint density at radius 2 is 0.762 bits per heavy atom. The van der Waals surface area contributed by atoms with E-state index in [1.807, 2.05) is 0 Å². The van der Waals surface area contributed by atoms with Gasteiger partial charge in [0.15, 0.2) is 0 Å². The van der Waals surface area contributed by atoms with E-state index >= 15 is 0 Å². The molecule has 0 spiro atoms. The van der Waals surface area contributed by atoms with Gasteiger partial charge in [0, 0.05) is 0 Å². The molecular formula is C42H26. The second-order valence-electron chi connectivity index (χ2n) is 11.3. The second kappa shape index (κ2) is 9.03. The van der Waals surface area contributed by atoms with Gasteiger partial charge in [-0.1, -0.05) is 146 Å². The molecule has 0 aliphatic rings. The lowest BCUT2D eigenvalue weighted by molar-refractivity contribution is 1.62. The molecule has 0 unspecified atom stereocenters. The zero-order valence-electron chi connectivity index (χ0n) is 23.0. The van der Waals surface area contributed by atoms with Crippen molar-refractivity contribution in [2.24, 2.45) is 0 Å². The maximum atomic E-state index is 2.42. The molecule has 0 nitrogen and oxygen atoms in total. The molecule has 0 heterocycles. The Labute approximate surface area is 244 Å². The summed E-state index contributed by atoms with van der Waals surface area (Å²) < 4.78 is 0. The van der Waals surface area contributed by atoms with Gasteiger partial charge in [-0.25, -0.2) is 0 Å². The first-order valence-electron chi connectivity index (χ1n) is 14.6. The van der Waals surface area contributed by atoms with Gasteiger partial charge in [-0.05, 0) is 99.4 Å². The number of hydrogen-bond donors (Lipinski definition) is 0. The highest BCUT2D eigenvalue weighted by Gasteiger charge is 2.17. The molecule has 0 bridgehead atoms. The summed E-state index contributed by atoms with van der Waals surface area (Å²) in [4.78, 5) is 0. The van der Waals surface area contributed by atoms with E-state index in [0.29, 0.717) is 0 Å². The molecule has 9 rings (SSSR count). The van der Waals surface area contributed by atoms with Crippen LogP contribution in [0.5, 0.6) is 0 Å². The van der Waals surface area contributed by atoms with Gasteiger partial charge in [0.05, 0.1) is 0 Å². The van der Waals surface area contributed by atoms with Gasteiger partial charge < -0.3 is 0 Å². The van der Waals surface area contributed by atoms with E-state index in [2.05, 4.69) is 158 Å². The van der Waals surface area contributed by atoms with Crippen molar-refractivity contribution >= 4 is 53.9 Å². The van der Waals surface area contributed by atoms with Gasteiger partial charge in [0.2, 0.25) is 0 Å². The number of rotatable bonds is 3. The Morgan fingerprint density at radius 3 is 1.52 bits per heavy atom. The van der Waals surface area contributed by atoms with Gasteiger partial charge >= 0.3 is 0 Å². The summed E-state index contributed by atoms with van der Waals surface area (Å²) in [6.45, 7) is 0. The fourth-order valence-corrected chi connectivity index (χ4v) is 6.97. The first-order chi connectivity index (χ1) is 20.8. The summed E-state index contributed by atoms with van der Waals surface area (Å²) in [6.07, 6.45) is 0. The fraction of sp³-hybridized carbons (Fsp3) is 0. The largest absolute Gasteiger partial charge is 0.0616 e. The first-order valence-corrected chi connectivity index (χ1v) is 14.6. The second-order valence-corrected chi connectivity index (χ2v) is 11.3. The lowest BCUT2D eigenvalue weighted by Crippen LogP contribution is -1.91. The summed E-state index contributed by atoms with van der Waals surface area (Å²) in [6, 6.07) is 58.1. The van der Waals surface area contributed by atoms with Crippen molar-refractivity contribution in [1.29, 1.82) is 0 Å². The minimum atomic E-state index is 1.24. The van der Waals surface area contributed by atoms with Crippen molar-refractivity contribution < 1.29 is 0 Å². The first kappa shape index (κ1) is 23.3. The highest BCUT2D eigenvalue weighted by atomic mass is 14.2. The van der Waals surface area contributed by atoms with E-state index in [4.69, 9.17) is 0 Å². The van der Waals surface area contributed by atoms with Crippen LogP contribution in [0, 0.1) is 0 Å². The van der Waals surface area contributed by atoms with Crippen LogP contribution in [0.4, 0.5) is 0 Å². The van der Waals surface area contributed by atoms with E-state index < -0.39 is 0 Å². The smallest absolute Gasteiger partial charge is 0.00143 e. The molecule has 194 valence electrons. The Kier molecular flexibility index (Phi) is 5.00. The summed E-state index contributed by atoms with van der Waals surface area (Å²) in [5.74, 6) is 0. The number of fused-ring (bicyclic) bond motifs is 2. The normalized spacial score (nSPS) is 11.8. The van der Waals surface area contributed by atoms with E-state index in [1.165, 1.54) is 87.2 Å². The maximum Gasteiger partial charge on any atom is -0.00143 e. The molecule has 0 N–H and O–H groups in total. The Bertz CT molecular complexity index is 2420. The van der Waals surface area contributed by atoms with Crippen molar-refractivity contribution in [3.05, 3.63) is 158 Å². The van der Waals surface area contributed by atoms with Crippen molar-refractivity contribution in [2.45, 2.75) is 0 Å². The minimum absolute atomic E-state index is 1.24. The van der Waals surface area contributed by atoms with Gasteiger partial charge in [-0.2, -0.15) is 0 Å². The van der Waals surface area contributed by atoms with Crippen LogP contribution >= 0.6 is 0 Å². The molecule has 0 heteroatoms. The zero-order chi connectivity index (χ0) is 27.6. The molecule has 0 aliphatic heterocycles. The highest BCUT2D eigenvalue weighted by molar-refractivity contribution is 6.28. The fourth-order valence-electron chi connectivity index (χ4n) is 6.97. The molecule has 0 aromatic heterocycles. The molecular weight excluding hydrogens is 504 g/mol. The molecule has 0 amide bonds. The van der Waals surface area contributed by atoms with Crippen LogP contribution in [0.3, 0.4) is 0 Å². The van der Waals surface area contributed by atoms with Gasteiger partial charge in [-0.15, -0.1) is 0 Å². The molecule has 0 atom stereocenters. The number of benzene rings is 9. The molecule has 0 radical (unpaired) electrons. The van der Waals surface area contributed by atoms with Crippen LogP contribution in [0.2, 0.25) is 0 Å². The van der Waals surface area contributed by atoms with Crippen LogP contribution in [-0.2, 0) is 0 Å². The van der Waals surface area contributed by atoms with Crippen LogP contribution < -0.4 is 0 Å². The Morgan fingerprint density at radius 1 is 0.238 bits per heavy atom. The Hall–Kier alpha value is -5.46. The quantitative estimate of drug-likeness (QED) is 0.199. The number of hydrogen-bond acceptors (Lipinski definition) is 0. The molecule has 9 aromatic carbocycles. The van der Waals surface area contributed by atoms with E-state index in [0.717, 1.165) is 0 Å². The van der Waals surface area contributed by atoms with E-state index in [-0.39, 0.29) is 0 Å². The van der Waals surface area contributed by atoms with E-state index in [1.54, 1.807) is 0 Å². The SMILES string of the molecule is c1ccc2cc(-c3cc(-c4ccc(-c5cccc6ccccc56)cc4)c4ccc5cccc6ccc3c4c56)ccc2c1. The van der Waals surface area contributed by atoms with Gasteiger partial charge in [0.1, 0.15) is 0 Å². The predicted octanol–water partition coefficient (Wildman–Crippen LogP) is 11.9. The third-order valence-corrected chi connectivity index (χ3v) is 9.00. The van der Waals surface area contributed by atoms with Gasteiger partial charge in [-0.3, -0.25) is 0 Å². The average Bonchev–Trinajstić information content (AvgIpc) is 3.06. The Balaban J connectivity index is 1.31. The highest BCUT2D eigenvalue weighted by Crippen LogP contribution is 2.44. The van der Waals surface area contributed by atoms with Crippen LogP contribution in [0.1, 0.15) is 0 Å². The third-order valence-electron chi connectivity index (χ3n) is 9.00. The summed E-state index contributed by atoms with van der Waals surface area (Å²) >= 11 is 0. The lowest BCUT2D eigenvalue weighted by atomic mass is 9.85. The monoisotopic (exact) mass is 530 g/mol. The molecule has 0 fully saturated rings. The van der Waals surface area contributed by atoms with Crippen molar-refractivity contribution in [3.63, 3.8) is 0 Å². The van der Waals surface area contributed by atoms with Crippen LogP contribution in [0.25, 0.3) is 87.2 Å². The van der Waals surface area contributed by atoms with E-state index in [9.17, 15) is 0 Å². The minimum Gasteiger partial charge on any atom is -0.0616 e. The average molecular weight is 531 g/mol. The summed E-state index contributed by atoms with van der Waals surface area (Å²) in [5.41, 5.74) is 7.54. The summed E-state index contributed by atoms with van der Waals surface area (Å²) in [7, 11) is 0. The third kappa shape index (κ3) is 3.49. The molecule has 9 aromatic rings. The summed E-state index contributed by atoms with van der Waals surface area (Å²) in [5, 5.41) is 13.0. The van der Waals surface area contributed by atoms with Crippen molar-refractivity contribution in [2.75, 3.05) is 0 Å². The van der Waals surface area contributed by atoms with Crippen LogP contribution in [-0.4, -0.2) is 0 Å². The topological polar surface area (TPSA) is 0 Å². The molecule has 0 saturated carbocycles. The standard InChI is InChI=1S/C42H26/c1-2-9-33-25-34(20-15-27(33)7-1)40-26-39(37-23-21-31-11-5-12-32-22-24-38(40)42(37)41(31)32)30-18-16-29(17-19-30)36-14-6-10-28-8-3-4-13-35(28)36/h1-26H. The molecule has 42 heavy (non-hydrogen) atoms. The predicted molar refractivity (Wildman–Crippen MR) is 181 cm³/mol. The maximum absolute atomic E-state index is 2.42. The van der Waals surface area contributed by atoms with Gasteiger partial charge in [0.25, 0.3) is 0 Å². The van der Waals surface area contributed by atoms with Crippen molar-refractivity contribution in [1.82, 2.24) is 0 Å². The van der Waals surface area contributed by atoms with Crippen molar-refractivity contribution in [3.8, 4) is 33.4 Å². The molecule has 0 saturated heterocycles. The molecule has 0 aliphatic carbocycles. The lowest BCUT2D eigenvalue weighted by Gasteiger charge is -2.18. The van der Waals surface area contributed by atoms with Crippen LogP contribution in [0.15, 0.2) is 158 Å².